The number of amides is 1. The van der Waals surface area contributed by atoms with Crippen LogP contribution in [0.4, 0.5) is 5.69 Å². The monoisotopic (exact) mass is 395 g/mol. The lowest BCUT2D eigenvalue weighted by Gasteiger charge is -2.12. The lowest BCUT2D eigenvalue weighted by Crippen LogP contribution is -2.29. The highest BCUT2D eigenvalue weighted by atomic mass is 16.5. The number of benzene rings is 2. The fourth-order valence-electron chi connectivity index (χ4n) is 3.06. The van der Waals surface area contributed by atoms with Gasteiger partial charge in [-0.05, 0) is 51.1 Å². The van der Waals surface area contributed by atoms with Crippen molar-refractivity contribution >= 4 is 23.6 Å². The maximum Gasteiger partial charge on any atom is 0.331 e. The van der Waals surface area contributed by atoms with Crippen LogP contribution in [0.5, 0.6) is 11.5 Å². The van der Waals surface area contributed by atoms with Crippen LogP contribution in [0.25, 0.3) is 6.08 Å². The Morgan fingerprint density at radius 3 is 2.76 bits per heavy atom. The molecule has 6 heteroatoms. The fourth-order valence-corrected chi connectivity index (χ4v) is 3.06. The zero-order chi connectivity index (χ0) is 20.8. The van der Waals surface area contributed by atoms with E-state index in [2.05, 4.69) is 5.32 Å². The van der Waals surface area contributed by atoms with Gasteiger partial charge >= 0.3 is 5.97 Å². The first-order valence-electron chi connectivity index (χ1n) is 9.67. The third-order valence-electron chi connectivity index (χ3n) is 4.43. The van der Waals surface area contributed by atoms with E-state index in [1.165, 1.54) is 13.0 Å². The van der Waals surface area contributed by atoms with Gasteiger partial charge in [-0.3, -0.25) is 4.79 Å². The summed E-state index contributed by atoms with van der Waals surface area (Å²) in [6, 6.07) is 12.8. The predicted molar refractivity (Wildman–Crippen MR) is 111 cm³/mol. The van der Waals surface area contributed by atoms with Gasteiger partial charge in [0.2, 0.25) is 0 Å². The number of hydrogen-bond acceptors (Lipinski definition) is 5. The molecule has 0 bridgehead atoms. The summed E-state index contributed by atoms with van der Waals surface area (Å²) in [4.78, 5) is 24.3. The van der Waals surface area contributed by atoms with Crippen molar-refractivity contribution < 1.29 is 23.8 Å². The normalized spacial score (nSPS) is 16.0. The molecule has 0 saturated carbocycles. The number of esters is 1. The molecule has 1 N–H and O–H groups in total. The Balaban J connectivity index is 1.64. The van der Waals surface area contributed by atoms with Crippen molar-refractivity contribution in [3.8, 4) is 11.5 Å². The second-order valence-corrected chi connectivity index (χ2v) is 6.83. The number of rotatable bonds is 7. The van der Waals surface area contributed by atoms with E-state index in [4.69, 9.17) is 14.2 Å². The molecule has 1 heterocycles. The van der Waals surface area contributed by atoms with Gasteiger partial charge in [0.25, 0.3) is 5.91 Å². The molecule has 2 atom stereocenters. The Kier molecular flexibility index (Phi) is 6.54. The molecular formula is C23H25NO5. The number of carbonyl (C=O) groups excluding carboxylic acids is 2. The molecule has 0 fully saturated rings. The van der Waals surface area contributed by atoms with Crippen LogP contribution in [-0.4, -0.2) is 30.7 Å². The number of anilines is 1. The Labute approximate surface area is 170 Å². The zero-order valence-corrected chi connectivity index (χ0v) is 16.8. The molecule has 1 amide bonds. The first kappa shape index (κ1) is 20.5. The second kappa shape index (κ2) is 9.28. The summed E-state index contributed by atoms with van der Waals surface area (Å²) < 4.78 is 16.7. The van der Waals surface area contributed by atoms with Gasteiger partial charge in [0.1, 0.15) is 17.6 Å². The van der Waals surface area contributed by atoms with Gasteiger partial charge in [-0.1, -0.05) is 18.2 Å². The molecule has 29 heavy (non-hydrogen) atoms. The highest BCUT2D eigenvalue weighted by Crippen LogP contribution is 2.35. The molecule has 2 aromatic rings. The summed E-state index contributed by atoms with van der Waals surface area (Å²) in [5, 5.41) is 2.70. The molecule has 1 aliphatic rings. The number of hydrogen-bond donors (Lipinski definition) is 1. The lowest BCUT2D eigenvalue weighted by molar-refractivity contribution is -0.148. The molecule has 152 valence electrons. The first-order valence-corrected chi connectivity index (χ1v) is 9.67. The Morgan fingerprint density at radius 2 is 2.03 bits per heavy atom. The van der Waals surface area contributed by atoms with Gasteiger partial charge in [0, 0.05) is 29.3 Å². The minimum Gasteiger partial charge on any atom is -0.493 e. The minimum absolute atomic E-state index is 0.118. The minimum atomic E-state index is -0.928. The molecule has 1 aliphatic heterocycles. The third kappa shape index (κ3) is 5.38. The summed E-state index contributed by atoms with van der Waals surface area (Å²) in [7, 11) is 0. The highest BCUT2D eigenvalue weighted by Gasteiger charge is 2.21. The van der Waals surface area contributed by atoms with E-state index in [0.29, 0.717) is 18.0 Å². The van der Waals surface area contributed by atoms with E-state index in [0.717, 1.165) is 23.3 Å². The average Bonchev–Trinajstić information content (AvgIpc) is 3.06. The quantitative estimate of drug-likeness (QED) is 0.567. The standard InChI is InChI=1S/C23H25NO5/c1-4-27-20-14-18-12-15(2)28-21(18)13-17(20)10-11-22(25)29-16(3)23(26)24-19-8-6-5-7-9-19/h5-11,13-16H,4,12H2,1-3H3,(H,24,26)/b11-10+. The van der Waals surface area contributed by atoms with Crippen molar-refractivity contribution in [2.75, 3.05) is 11.9 Å². The van der Waals surface area contributed by atoms with Crippen molar-refractivity contribution in [2.24, 2.45) is 0 Å². The third-order valence-corrected chi connectivity index (χ3v) is 4.43. The summed E-state index contributed by atoms with van der Waals surface area (Å²) in [6.07, 6.45) is 2.92. The summed E-state index contributed by atoms with van der Waals surface area (Å²) in [5.41, 5.74) is 2.45. The Hall–Kier alpha value is -3.28. The van der Waals surface area contributed by atoms with Gasteiger partial charge in [0.15, 0.2) is 6.10 Å². The predicted octanol–water partition coefficient (Wildman–Crippen LogP) is 3.99. The molecule has 0 saturated heterocycles. The molecular weight excluding hydrogens is 370 g/mol. The van der Waals surface area contributed by atoms with Crippen molar-refractivity contribution in [2.45, 2.75) is 39.4 Å². The Morgan fingerprint density at radius 1 is 1.28 bits per heavy atom. The van der Waals surface area contributed by atoms with Crippen LogP contribution in [0.15, 0.2) is 48.5 Å². The molecule has 2 unspecified atom stereocenters. The van der Waals surface area contributed by atoms with Gasteiger partial charge < -0.3 is 19.5 Å². The van der Waals surface area contributed by atoms with Crippen LogP contribution in [-0.2, 0) is 20.7 Å². The molecule has 3 rings (SSSR count). The van der Waals surface area contributed by atoms with Crippen molar-refractivity contribution in [1.82, 2.24) is 0 Å². The second-order valence-electron chi connectivity index (χ2n) is 6.83. The first-order chi connectivity index (χ1) is 14.0. The van der Waals surface area contributed by atoms with Crippen LogP contribution in [0.2, 0.25) is 0 Å². The topological polar surface area (TPSA) is 73.9 Å². The zero-order valence-electron chi connectivity index (χ0n) is 16.8. The highest BCUT2D eigenvalue weighted by molar-refractivity contribution is 5.96. The van der Waals surface area contributed by atoms with Gasteiger partial charge in [-0.15, -0.1) is 0 Å². The van der Waals surface area contributed by atoms with E-state index in [1.807, 2.05) is 44.2 Å². The number of fused-ring (bicyclic) bond motifs is 1. The van der Waals surface area contributed by atoms with Gasteiger partial charge in [0.05, 0.1) is 6.61 Å². The van der Waals surface area contributed by atoms with Crippen LogP contribution in [0.1, 0.15) is 31.9 Å². The van der Waals surface area contributed by atoms with Crippen molar-refractivity contribution in [3.05, 3.63) is 59.7 Å². The van der Waals surface area contributed by atoms with Crippen molar-refractivity contribution in [1.29, 1.82) is 0 Å². The number of carbonyl (C=O) groups is 2. The van der Waals surface area contributed by atoms with Crippen LogP contribution < -0.4 is 14.8 Å². The lowest BCUT2D eigenvalue weighted by atomic mass is 10.1. The summed E-state index contributed by atoms with van der Waals surface area (Å²) in [5.74, 6) is 0.471. The molecule has 0 aromatic heterocycles. The summed E-state index contributed by atoms with van der Waals surface area (Å²) in [6.45, 7) is 5.95. The number of para-hydroxylation sites is 1. The Bertz CT molecular complexity index is 907. The van der Waals surface area contributed by atoms with Crippen LogP contribution in [0, 0.1) is 0 Å². The van der Waals surface area contributed by atoms with E-state index < -0.39 is 18.0 Å². The maximum absolute atomic E-state index is 12.2. The van der Waals surface area contributed by atoms with E-state index in [1.54, 1.807) is 18.2 Å². The summed E-state index contributed by atoms with van der Waals surface area (Å²) >= 11 is 0. The molecule has 6 nitrogen and oxygen atoms in total. The van der Waals surface area contributed by atoms with E-state index in [9.17, 15) is 9.59 Å². The van der Waals surface area contributed by atoms with Gasteiger partial charge in [-0.25, -0.2) is 4.79 Å². The number of ether oxygens (including phenoxy) is 3. The maximum atomic E-state index is 12.2. The smallest absolute Gasteiger partial charge is 0.331 e. The van der Waals surface area contributed by atoms with E-state index in [-0.39, 0.29) is 6.10 Å². The largest absolute Gasteiger partial charge is 0.493 e. The number of nitrogens with one attached hydrogen (secondary N) is 1. The SMILES string of the molecule is CCOc1cc2c(cc1/C=C/C(=O)OC(C)C(=O)Nc1ccccc1)OC(C)C2. The molecule has 0 radical (unpaired) electrons. The van der Waals surface area contributed by atoms with Crippen LogP contribution >= 0.6 is 0 Å². The average molecular weight is 395 g/mol. The van der Waals surface area contributed by atoms with Crippen LogP contribution in [0.3, 0.4) is 0 Å². The molecule has 2 aromatic carbocycles. The molecule has 0 aliphatic carbocycles. The molecule has 0 spiro atoms. The fraction of sp³-hybridized carbons (Fsp3) is 0.304. The van der Waals surface area contributed by atoms with Crippen molar-refractivity contribution in [3.63, 3.8) is 0 Å². The van der Waals surface area contributed by atoms with Gasteiger partial charge in [-0.2, -0.15) is 0 Å². The van der Waals surface area contributed by atoms with E-state index >= 15 is 0 Å².